The summed E-state index contributed by atoms with van der Waals surface area (Å²) in [7, 11) is 0. The molecule has 0 aromatic heterocycles. The van der Waals surface area contributed by atoms with Crippen molar-refractivity contribution in [3.05, 3.63) is 23.8 Å². The molecular formula is C16H28N2. The molecule has 18 heavy (non-hydrogen) atoms. The Labute approximate surface area is 112 Å². The summed E-state index contributed by atoms with van der Waals surface area (Å²) in [4.78, 5) is 5.17. The molecule has 1 aliphatic heterocycles. The van der Waals surface area contributed by atoms with E-state index < -0.39 is 0 Å². The van der Waals surface area contributed by atoms with Gasteiger partial charge < -0.3 is 4.90 Å². The summed E-state index contributed by atoms with van der Waals surface area (Å²) in [6.45, 7) is 15.9. The largest absolute Gasteiger partial charge is 0.301 e. The van der Waals surface area contributed by atoms with Gasteiger partial charge in [0, 0.05) is 32.7 Å². The van der Waals surface area contributed by atoms with E-state index in [1.807, 2.05) is 0 Å². The molecule has 1 aliphatic carbocycles. The highest BCUT2D eigenvalue weighted by Gasteiger charge is 2.19. The van der Waals surface area contributed by atoms with Crippen molar-refractivity contribution < 1.29 is 0 Å². The Hall–Kier alpha value is -0.600. The number of nitrogens with zero attached hydrogens (tertiary/aromatic N) is 2. The van der Waals surface area contributed by atoms with Crippen LogP contribution in [0.15, 0.2) is 23.8 Å². The molecule has 0 saturated carbocycles. The molecule has 1 fully saturated rings. The minimum atomic E-state index is 0.741. The molecule has 0 N–H and O–H groups in total. The average Bonchev–Trinajstić information content (AvgIpc) is 2.40. The maximum atomic E-state index is 4.09. The van der Waals surface area contributed by atoms with Gasteiger partial charge in [0.2, 0.25) is 0 Å². The quantitative estimate of drug-likeness (QED) is 0.706. The summed E-state index contributed by atoms with van der Waals surface area (Å²) in [6.07, 6.45) is 6.30. The number of allylic oxidation sites excluding steroid dienone is 2. The molecule has 2 nitrogen and oxygen atoms in total. The van der Waals surface area contributed by atoms with E-state index in [0.717, 1.165) is 5.92 Å². The molecule has 102 valence electrons. The van der Waals surface area contributed by atoms with Gasteiger partial charge in [-0.25, -0.2) is 0 Å². The van der Waals surface area contributed by atoms with Crippen molar-refractivity contribution >= 4 is 0 Å². The van der Waals surface area contributed by atoms with Gasteiger partial charge in [0.25, 0.3) is 0 Å². The van der Waals surface area contributed by atoms with E-state index in [2.05, 4.69) is 36.3 Å². The monoisotopic (exact) mass is 248 g/mol. The van der Waals surface area contributed by atoms with Crippen LogP contribution in [0.4, 0.5) is 0 Å². The van der Waals surface area contributed by atoms with Crippen LogP contribution >= 0.6 is 0 Å². The first-order valence-corrected chi connectivity index (χ1v) is 7.47. The molecule has 2 heteroatoms. The number of piperazine rings is 1. The fourth-order valence-electron chi connectivity index (χ4n) is 3.03. The second-order valence-electron chi connectivity index (χ2n) is 5.89. The van der Waals surface area contributed by atoms with E-state index in [9.17, 15) is 0 Å². The van der Waals surface area contributed by atoms with Crippen LogP contribution in [0.2, 0.25) is 0 Å². The summed E-state index contributed by atoms with van der Waals surface area (Å²) in [6, 6.07) is 0. The Morgan fingerprint density at radius 3 is 2.44 bits per heavy atom. The molecule has 1 saturated heterocycles. The lowest BCUT2D eigenvalue weighted by Gasteiger charge is -2.35. The van der Waals surface area contributed by atoms with Crippen LogP contribution in [-0.2, 0) is 0 Å². The Kier molecular flexibility index (Phi) is 5.02. The first kappa shape index (κ1) is 13.8. The minimum absolute atomic E-state index is 0.741. The molecule has 0 aromatic carbocycles. The molecule has 0 amide bonds. The van der Waals surface area contributed by atoms with E-state index in [0.29, 0.717) is 0 Å². The van der Waals surface area contributed by atoms with Gasteiger partial charge in [0.15, 0.2) is 0 Å². The summed E-state index contributed by atoms with van der Waals surface area (Å²) >= 11 is 0. The van der Waals surface area contributed by atoms with Gasteiger partial charge in [-0.2, -0.15) is 0 Å². The Bertz CT molecular complexity index is 311. The average molecular weight is 248 g/mol. The van der Waals surface area contributed by atoms with Gasteiger partial charge in [0.05, 0.1) is 0 Å². The fraction of sp³-hybridized carbons (Fsp3) is 0.750. The molecular weight excluding hydrogens is 220 g/mol. The van der Waals surface area contributed by atoms with Crippen LogP contribution in [0, 0.1) is 5.92 Å². The van der Waals surface area contributed by atoms with Crippen molar-refractivity contribution in [2.75, 3.05) is 39.3 Å². The first-order valence-electron chi connectivity index (χ1n) is 7.47. The maximum Gasteiger partial charge on any atom is 0.0193 e. The third kappa shape index (κ3) is 3.69. The lowest BCUT2D eigenvalue weighted by molar-refractivity contribution is 0.144. The lowest BCUT2D eigenvalue weighted by atomic mass is 9.85. The van der Waals surface area contributed by atoms with E-state index in [1.54, 1.807) is 5.57 Å². The highest BCUT2D eigenvalue weighted by atomic mass is 15.3. The van der Waals surface area contributed by atoms with Gasteiger partial charge >= 0.3 is 0 Å². The zero-order valence-corrected chi connectivity index (χ0v) is 12.1. The molecule has 0 bridgehead atoms. The SMILES string of the molecule is C=C(C)C1CC=C(CN2CCN(CC)CC2)CC1. The molecule has 1 heterocycles. The highest BCUT2D eigenvalue weighted by molar-refractivity contribution is 5.13. The van der Waals surface area contributed by atoms with Crippen LogP contribution in [-0.4, -0.2) is 49.1 Å². The number of hydrogen-bond acceptors (Lipinski definition) is 2. The van der Waals surface area contributed by atoms with Gasteiger partial charge in [-0.1, -0.05) is 30.7 Å². The summed E-state index contributed by atoms with van der Waals surface area (Å²) in [5.41, 5.74) is 3.03. The standard InChI is InChI=1S/C16H28N2/c1-4-17-9-11-18(12-10-17)13-15-5-7-16(8-6-15)14(2)3/h5,16H,2,4,6-13H2,1,3H3. The smallest absolute Gasteiger partial charge is 0.0193 e. The highest BCUT2D eigenvalue weighted by Crippen LogP contribution is 2.28. The van der Waals surface area contributed by atoms with E-state index >= 15 is 0 Å². The minimum Gasteiger partial charge on any atom is -0.301 e. The van der Waals surface area contributed by atoms with Gasteiger partial charge in [0.1, 0.15) is 0 Å². The van der Waals surface area contributed by atoms with E-state index in [-0.39, 0.29) is 0 Å². The van der Waals surface area contributed by atoms with Crippen molar-refractivity contribution in [1.29, 1.82) is 0 Å². The number of likely N-dealkylation sites (N-methyl/N-ethyl adjacent to an activating group) is 1. The van der Waals surface area contributed by atoms with Crippen molar-refractivity contribution in [2.24, 2.45) is 5.92 Å². The summed E-state index contributed by atoms with van der Waals surface area (Å²) < 4.78 is 0. The zero-order chi connectivity index (χ0) is 13.0. The molecule has 2 aliphatic rings. The fourth-order valence-corrected chi connectivity index (χ4v) is 3.03. The van der Waals surface area contributed by atoms with Crippen molar-refractivity contribution in [2.45, 2.75) is 33.1 Å². The molecule has 1 unspecified atom stereocenters. The van der Waals surface area contributed by atoms with Crippen LogP contribution < -0.4 is 0 Å². The van der Waals surface area contributed by atoms with Crippen LogP contribution in [0.5, 0.6) is 0 Å². The van der Waals surface area contributed by atoms with Crippen LogP contribution in [0.25, 0.3) is 0 Å². The second-order valence-corrected chi connectivity index (χ2v) is 5.89. The molecule has 0 radical (unpaired) electrons. The lowest BCUT2D eigenvalue weighted by Crippen LogP contribution is -2.46. The normalized spacial score (nSPS) is 27.0. The molecule has 0 aromatic rings. The van der Waals surface area contributed by atoms with Gasteiger partial charge in [-0.3, -0.25) is 4.90 Å². The summed E-state index contributed by atoms with van der Waals surface area (Å²) in [5.74, 6) is 0.741. The first-order chi connectivity index (χ1) is 8.69. The second kappa shape index (κ2) is 6.53. The van der Waals surface area contributed by atoms with Crippen molar-refractivity contribution in [3.8, 4) is 0 Å². The number of hydrogen-bond donors (Lipinski definition) is 0. The van der Waals surface area contributed by atoms with Gasteiger partial charge in [-0.05, 0) is 38.6 Å². The molecule has 0 spiro atoms. The third-order valence-corrected chi connectivity index (χ3v) is 4.54. The summed E-state index contributed by atoms with van der Waals surface area (Å²) in [5, 5.41) is 0. The van der Waals surface area contributed by atoms with E-state index in [1.165, 1.54) is 64.1 Å². The van der Waals surface area contributed by atoms with E-state index in [4.69, 9.17) is 0 Å². The topological polar surface area (TPSA) is 6.48 Å². The van der Waals surface area contributed by atoms with Crippen LogP contribution in [0.1, 0.15) is 33.1 Å². The Morgan fingerprint density at radius 1 is 1.28 bits per heavy atom. The third-order valence-electron chi connectivity index (χ3n) is 4.54. The van der Waals surface area contributed by atoms with Crippen molar-refractivity contribution in [1.82, 2.24) is 9.80 Å². The predicted octanol–water partition coefficient (Wildman–Crippen LogP) is 2.93. The Morgan fingerprint density at radius 2 is 1.94 bits per heavy atom. The molecule has 1 atom stereocenters. The zero-order valence-electron chi connectivity index (χ0n) is 12.1. The maximum absolute atomic E-state index is 4.09. The predicted molar refractivity (Wildman–Crippen MR) is 78.8 cm³/mol. The Balaban J connectivity index is 1.76. The van der Waals surface area contributed by atoms with Crippen molar-refractivity contribution in [3.63, 3.8) is 0 Å². The van der Waals surface area contributed by atoms with Crippen LogP contribution in [0.3, 0.4) is 0 Å². The number of rotatable bonds is 4. The van der Waals surface area contributed by atoms with Gasteiger partial charge in [-0.15, -0.1) is 0 Å². The molecule has 2 rings (SSSR count).